The van der Waals surface area contributed by atoms with E-state index < -0.39 is 5.91 Å². The molecule has 0 radical (unpaired) electrons. The van der Waals surface area contributed by atoms with Crippen LogP contribution >= 0.6 is 23.1 Å². The van der Waals surface area contributed by atoms with Gasteiger partial charge in [0, 0.05) is 11.3 Å². The second-order valence-corrected chi connectivity index (χ2v) is 8.51. The highest BCUT2D eigenvalue weighted by molar-refractivity contribution is 8.01. The van der Waals surface area contributed by atoms with E-state index in [1.54, 1.807) is 31.4 Å². The van der Waals surface area contributed by atoms with Crippen molar-refractivity contribution in [2.24, 2.45) is 0 Å². The minimum absolute atomic E-state index is 0.140. The van der Waals surface area contributed by atoms with Gasteiger partial charge in [0.25, 0.3) is 5.91 Å². The molecular formula is C21H22N4O6S2. The molecule has 2 aromatic carbocycles. The van der Waals surface area contributed by atoms with E-state index in [4.69, 9.17) is 18.9 Å². The molecule has 174 valence electrons. The normalized spacial score (nSPS) is 10.3. The fourth-order valence-corrected chi connectivity index (χ4v) is 4.25. The maximum absolute atomic E-state index is 12.7. The number of carbonyl (C=O) groups is 2. The monoisotopic (exact) mass is 490 g/mol. The molecule has 1 heterocycles. The van der Waals surface area contributed by atoms with Crippen LogP contribution in [0.5, 0.6) is 23.0 Å². The Hall–Kier alpha value is -3.51. The van der Waals surface area contributed by atoms with Crippen LogP contribution in [0.25, 0.3) is 0 Å². The molecule has 0 aliphatic heterocycles. The zero-order chi connectivity index (χ0) is 23.8. The highest BCUT2D eigenvalue weighted by Gasteiger charge is 2.18. The van der Waals surface area contributed by atoms with Gasteiger partial charge in [-0.1, -0.05) is 23.1 Å². The standard InChI is InChI=1S/C21H22N4O6S2/c1-28-14-7-5-13(6-8-14)22-17(26)11-32-21-25-24-20(33-21)23-19(27)12-9-15(29-2)18(31-4)16(10-12)30-3/h5-10H,11H2,1-4H3,(H,22,26)(H,23,24,27). The quantitative estimate of drug-likeness (QED) is 0.325. The number of methoxy groups -OCH3 is 4. The van der Waals surface area contributed by atoms with Crippen LogP contribution in [0.4, 0.5) is 10.8 Å². The van der Waals surface area contributed by atoms with Crippen LogP contribution in [0.2, 0.25) is 0 Å². The van der Waals surface area contributed by atoms with Gasteiger partial charge in [0.2, 0.25) is 16.8 Å². The van der Waals surface area contributed by atoms with E-state index in [0.29, 0.717) is 43.7 Å². The van der Waals surface area contributed by atoms with Crippen LogP contribution in [0.3, 0.4) is 0 Å². The molecule has 0 aliphatic rings. The summed E-state index contributed by atoms with van der Waals surface area (Å²) in [5.74, 6) is 1.34. The number of ether oxygens (including phenoxy) is 4. The summed E-state index contributed by atoms with van der Waals surface area (Å²) in [6.07, 6.45) is 0. The molecule has 3 aromatic rings. The molecule has 0 saturated heterocycles. The summed E-state index contributed by atoms with van der Waals surface area (Å²) < 4.78 is 21.4. The van der Waals surface area contributed by atoms with E-state index in [-0.39, 0.29) is 11.7 Å². The maximum atomic E-state index is 12.7. The summed E-state index contributed by atoms with van der Waals surface area (Å²) in [6, 6.07) is 10.1. The van der Waals surface area contributed by atoms with Gasteiger partial charge in [-0.25, -0.2) is 0 Å². The van der Waals surface area contributed by atoms with Crippen LogP contribution in [-0.2, 0) is 4.79 Å². The van der Waals surface area contributed by atoms with Crippen LogP contribution in [-0.4, -0.2) is 56.2 Å². The summed E-state index contributed by atoms with van der Waals surface area (Å²) in [4.78, 5) is 24.8. The Labute approximate surface area is 198 Å². The number of hydrogen-bond donors (Lipinski definition) is 2. The number of carbonyl (C=O) groups excluding carboxylic acids is 2. The fourth-order valence-electron chi connectivity index (χ4n) is 2.70. The third-order valence-electron chi connectivity index (χ3n) is 4.25. The number of anilines is 2. The van der Waals surface area contributed by atoms with E-state index in [1.165, 1.54) is 45.2 Å². The van der Waals surface area contributed by atoms with Crippen molar-refractivity contribution in [3.05, 3.63) is 42.0 Å². The van der Waals surface area contributed by atoms with E-state index >= 15 is 0 Å². The van der Waals surface area contributed by atoms with E-state index in [9.17, 15) is 9.59 Å². The van der Waals surface area contributed by atoms with Crippen molar-refractivity contribution >= 4 is 45.7 Å². The third-order valence-corrected chi connectivity index (χ3v) is 6.23. The van der Waals surface area contributed by atoms with Crippen LogP contribution in [0, 0.1) is 0 Å². The molecule has 10 nitrogen and oxygen atoms in total. The predicted octanol–water partition coefficient (Wildman–Crippen LogP) is 3.56. The van der Waals surface area contributed by atoms with Crippen molar-refractivity contribution in [2.75, 3.05) is 44.8 Å². The first-order valence-electron chi connectivity index (χ1n) is 9.49. The van der Waals surface area contributed by atoms with Crippen LogP contribution in [0.15, 0.2) is 40.7 Å². The first-order valence-corrected chi connectivity index (χ1v) is 11.3. The van der Waals surface area contributed by atoms with E-state index in [1.807, 2.05) is 0 Å². The molecule has 0 unspecified atom stereocenters. The Morgan fingerprint density at radius 2 is 1.58 bits per heavy atom. The molecule has 2 amide bonds. The smallest absolute Gasteiger partial charge is 0.257 e. The van der Waals surface area contributed by atoms with Gasteiger partial charge in [0.15, 0.2) is 15.8 Å². The Morgan fingerprint density at radius 3 is 2.15 bits per heavy atom. The molecule has 33 heavy (non-hydrogen) atoms. The summed E-state index contributed by atoms with van der Waals surface area (Å²) in [7, 11) is 6.00. The number of benzene rings is 2. The van der Waals surface area contributed by atoms with Crippen molar-refractivity contribution < 1.29 is 28.5 Å². The number of nitrogens with one attached hydrogen (secondary N) is 2. The lowest BCUT2D eigenvalue weighted by Gasteiger charge is -2.13. The van der Waals surface area contributed by atoms with Gasteiger partial charge in [-0.3, -0.25) is 14.9 Å². The van der Waals surface area contributed by atoms with Crippen molar-refractivity contribution in [1.82, 2.24) is 10.2 Å². The summed E-state index contributed by atoms with van der Waals surface area (Å²) >= 11 is 2.38. The largest absolute Gasteiger partial charge is 0.497 e. The second kappa shape index (κ2) is 11.4. The van der Waals surface area contributed by atoms with Gasteiger partial charge in [0.05, 0.1) is 34.2 Å². The Bertz CT molecular complexity index is 1100. The first-order chi connectivity index (χ1) is 16.0. The maximum Gasteiger partial charge on any atom is 0.257 e. The van der Waals surface area contributed by atoms with E-state index in [0.717, 1.165) is 11.3 Å². The Kier molecular flexibility index (Phi) is 8.33. The number of amides is 2. The lowest BCUT2D eigenvalue weighted by molar-refractivity contribution is -0.113. The lowest BCUT2D eigenvalue weighted by Crippen LogP contribution is -2.13. The molecule has 12 heteroatoms. The van der Waals surface area contributed by atoms with E-state index in [2.05, 4.69) is 20.8 Å². The average molecular weight is 491 g/mol. The zero-order valence-electron chi connectivity index (χ0n) is 18.3. The van der Waals surface area contributed by atoms with Crippen molar-refractivity contribution in [1.29, 1.82) is 0 Å². The van der Waals surface area contributed by atoms with Gasteiger partial charge in [-0.2, -0.15) is 0 Å². The Morgan fingerprint density at radius 1 is 0.909 bits per heavy atom. The zero-order valence-corrected chi connectivity index (χ0v) is 20.0. The van der Waals surface area contributed by atoms with Gasteiger partial charge < -0.3 is 24.3 Å². The molecule has 2 N–H and O–H groups in total. The molecule has 0 aliphatic carbocycles. The fraction of sp³-hybridized carbons (Fsp3) is 0.238. The number of nitrogens with zero attached hydrogens (tertiary/aromatic N) is 2. The minimum atomic E-state index is -0.417. The number of aromatic nitrogens is 2. The molecule has 0 atom stereocenters. The van der Waals surface area contributed by atoms with Gasteiger partial charge in [-0.05, 0) is 36.4 Å². The molecule has 0 saturated carbocycles. The Balaban J connectivity index is 1.58. The van der Waals surface area contributed by atoms with Crippen molar-refractivity contribution in [3.8, 4) is 23.0 Å². The second-order valence-electron chi connectivity index (χ2n) is 6.31. The number of rotatable bonds is 10. The average Bonchev–Trinajstić information content (AvgIpc) is 3.29. The van der Waals surface area contributed by atoms with Gasteiger partial charge >= 0.3 is 0 Å². The highest BCUT2D eigenvalue weighted by atomic mass is 32.2. The molecule has 0 spiro atoms. The SMILES string of the molecule is COc1ccc(NC(=O)CSc2nnc(NC(=O)c3cc(OC)c(OC)c(OC)c3)s2)cc1. The predicted molar refractivity (Wildman–Crippen MR) is 126 cm³/mol. The third kappa shape index (κ3) is 6.26. The highest BCUT2D eigenvalue weighted by Crippen LogP contribution is 2.38. The first kappa shape index (κ1) is 24.1. The molecule has 3 rings (SSSR count). The van der Waals surface area contributed by atoms with Gasteiger partial charge in [-0.15, -0.1) is 10.2 Å². The molecule has 1 aromatic heterocycles. The van der Waals surface area contributed by atoms with Gasteiger partial charge in [0.1, 0.15) is 5.75 Å². The summed E-state index contributed by atoms with van der Waals surface area (Å²) in [6.45, 7) is 0. The van der Waals surface area contributed by atoms with Crippen molar-refractivity contribution in [3.63, 3.8) is 0 Å². The number of hydrogen-bond acceptors (Lipinski definition) is 10. The topological polar surface area (TPSA) is 121 Å². The molecular weight excluding hydrogens is 468 g/mol. The lowest BCUT2D eigenvalue weighted by atomic mass is 10.1. The van der Waals surface area contributed by atoms with Crippen LogP contribution in [0.1, 0.15) is 10.4 Å². The van der Waals surface area contributed by atoms with Crippen LogP contribution < -0.4 is 29.6 Å². The van der Waals surface area contributed by atoms with Crippen molar-refractivity contribution in [2.45, 2.75) is 4.34 Å². The summed E-state index contributed by atoms with van der Waals surface area (Å²) in [5.41, 5.74) is 0.963. The summed E-state index contributed by atoms with van der Waals surface area (Å²) in [5, 5.41) is 13.8. The molecule has 0 bridgehead atoms. The number of thioether (sulfide) groups is 1. The minimum Gasteiger partial charge on any atom is -0.497 e. The molecule has 0 fully saturated rings.